The third-order valence-corrected chi connectivity index (χ3v) is 3.45. The molecule has 10 nitrogen and oxygen atoms in total. The van der Waals surface area contributed by atoms with Crippen LogP contribution in [0.3, 0.4) is 0 Å². The Morgan fingerprint density at radius 3 is 2.64 bits per heavy atom. The van der Waals surface area contributed by atoms with E-state index in [2.05, 4.69) is 4.98 Å². The molecule has 1 saturated heterocycles. The first-order valence-corrected chi connectivity index (χ1v) is 7.74. The predicted molar refractivity (Wildman–Crippen MR) is 85.6 cm³/mol. The van der Waals surface area contributed by atoms with Crippen LogP contribution >= 0.6 is 0 Å². The van der Waals surface area contributed by atoms with Gasteiger partial charge in [-0.05, 0) is 11.5 Å². The van der Waals surface area contributed by atoms with E-state index in [1.54, 1.807) is 0 Å². The second-order valence-corrected chi connectivity index (χ2v) is 7.00. The number of ether oxygens (including phenoxy) is 3. The number of rotatable bonds is 4. The minimum absolute atomic E-state index is 0.0239. The van der Waals surface area contributed by atoms with Crippen LogP contribution in [0.15, 0.2) is 17.1 Å². The van der Waals surface area contributed by atoms with Crippen LogP contribution in [0.25, 0.3) is 0 Å². The molecule has 4 atom stereocenters. The summed E-state index contributed by atoms with van der Waals surface area (Å²) in [5.41, 5.74) is 4.46. The van der Waals surface area contributed by atoms with Crippen LogP contribution in [-0.2, 0) is 14.2 Å². The van der Waals surface area contributed by atoms with E-state index in [0.29, 0.717) is 0 Å². The Morgan fingerprint density at radius 2 is 2.04 bits per heavy atom. The molecule has 25 heavy (non-hydrogen) atoms. The minimum atomic E-state index is -1.40. The second kappa shape index (κ2) is 7.38. The molecule has 140 valence electrons. The van der Waals surface area contributed by atoms with Crippen molar-refractivity contribution in [3.63, 3.8) is 0 Å². The SMILES string of the molecule is CC(C)(C)COC(=O)OC[C@H]1O[C@@H](n2ccc(N)nc2=O)[C@H](O)[C@@H]1O. The molecule has 1 fully saturated rings. The van der Waals surface area contributed by atoms with Crippen LogP contribution in [0, 0.1) is 5.41 Å². The van der Waals surface area contributed by atoms with Crippen molar-refractivity contribution >= 4 is 12.0 Å². The van der Waals surface area contributed by atoms with Gasteiger partial charge in [0.2, 0.25) is 0 Å². The fourth-order valence-electron chi connectivity index (χ4n) is 2.18. The highest BCUT2D eigenvalue weighted by Crippen LogP contribution is 2.28. The summed E-state index contributed by atoms with van der Waals surface area (Å²) < 4.78 is 16.3. The van der Waals surface area contributed by atoms with Gasteiger partial charge < -0.3 is 30.2 Å². The van der Waals surface area contributed by atoms with E-state index < -0.39 is 36.4 Å². The van der Waals surface area contributed by atoms with Crippen molar-refractivity contribution in [2.75, 3.05) is 18.9 Å². The number of nitrogens with two attached hydrogens (primary N) is 1. The van der Waals surface area contributed by atoms with E-state index >= 15 is 0 Å². The molecular weight excluding hydrogens is 334 g/mol. The van der Waals surface area contributed by atoms with Crippen molar-refractivity contribution in [1.29, 1.82) is 0 Å². The third-order valence-electron chi connectivity index (χ3n) is 3.45. The zero-order valence-electron chi connectivity index (χ0n) is 14.3. The Morgan fingerprint density at radius 1 is 1.36 bits per heavy atom. The first kappa shape index (κ1) is 19.2. The van der Waals surface area contributed by atoms with Crippen molar-refractivity contribution in [3.05, 3.63) is 22.7 Å². The highest BCUT2D eigenvalue weighted by atomic mass is 16.7. The molecule has 1 aliphatic rings. The molecule has 0 bridgehead atoms. The maximum Gasteiger partial charge on any atom is 0.508 e. The van der Waals surface area contributed by atoms with Crippen LogP contribution in [0.4, 0.5) is 10.6 Å². The number of hydrogen-bond acceptors (Lipinski definition) is 9. The summed E-state index contributed by atoms with van der Waals surface area (Å²) in [5.74, 6) is 0.0239. The molecule has 1 aliphatic heterocycles. The molecule has 10 heteroatoms. The van der Waals surface area contributed by atoms with Gasteiger partial charge in [0.05, 0.1) is 6.61 Å². The summed E-state index contributed by atoms with van der Waals surface area (Å²) in [7, 11) is 0. The molecule has 2 heterocycles. The zero-order valence-corrected chi connectivity index (χ0v) is 14.3. The quantitative estimate of drug-likeness (QED) is 0.615. The Balaban J connectivity index is 1.95. The van der Waals surface area contributed by atoms with E-state index in [4.69, 9.17) is 19.9 Å². The molecule has 1 aromatic rings. The lowest BCUT2D eigenvalue weighted by Gasteiger charge is -2.19. The second-order valence-electron chi connectivity index (χ2n) is 7.00. The van der Waals surface area contributed by atoms with Gasteiger partial charge in [-0.1, -0.05) is 20.8 Å². The number of carbonyl (C=O) groups is 1. The van der Waals surface area contributed by atoms with Crippen LogP contribution in [0.1, 0.15) is 27.0 Å². The summed E-state index contributed by atoms with van der Waals surface area (Å²) in [6.07, 6.45) is -4.56. The number of anilines is 1. The number of carbonyl (C=O) groups excluding carboxylic acids is 1. The third kappa shape index (κ3) is 4.91. The highest BCUT2D eigenvalue weighted by molar-refractivity contribution is 5.59. The number of nitrogens with zero attached hydrogens (tertiary/aromatic N) is 2. The predicted octanol–water partition coefficient (Wildman–Crippen LogP) is -0.356. The topological polar surface area (TPSA) is 146 Å². The number of aromatic nitrogens is 2. The minimum Gasteiger partial charge on any atom is -0.434 e. The molecule has 0 aliphatic carbocycles. The van der Waals surface area contributed by atoms with E-state index in [0.717, 1.165) is 4.57 Å². The number of hydrogen-bond donors (Lipinski definition) is 3. The lowest BCUT2D eigenvalue weighted by molar-refractivity contribution is -0.0659. The number of aliphatic hydroxyl groups is 2. The molecular formula is C15H23N3O7. The van der Waals surface area contributed by atoms with Crippen molar-refractivity contribution < 1.29 is 29.2 Å². The Kier molecular flexibility index (Phi) is 5.65. The molecule has 0 saturated carbocycles. The highest BCUT2D eigenvalue weighted by Gasteiger charge is 2.44. The van der Waals surface area contributed by atoms with E-state index in [9.17, 15) is 19.8 Å². The summed E-state index contributed by atoms with van der Waals surface area (Å²) in [6, 6.07) is 1.36. The normalized spacial score (nSPS) is 26.4. The van der Waals surface area contributed by atoms with Crippen molar-refractivity contribution in [1.82, 2.24) is 9.55 Å². The largest absolute Gasteiger partial charge is 0.508 e. The lowest BCUT2D eigenvalue weighted by atomic mass is 9.99. The fraction of sp³-hybridized carbons (Fsp3) is 0.667. The fourth-order valence-corrected chi connectivity index (χ4v) is 2.18. The molecule has 0 spiro atoms. The summed E-state index contributed by atoms with van der Waals surface area (Å²) >= 11 is 0. The van der Waals surface area contributed by atoms with Crippen molar-refractivity contribution in [3.8, 4) is 0 Å². The first-order valence-electron chi connectivity index (χ1n) is 7.74. The van der Waals surface area contributed by atoms with Gasteiger partial charge in [0.25, 0.3) is 0 Å². The molecule has 0 aromatic carbocycles. The molecule has 1 aromatic heterocycles. The van der Waals surface area contributed by atoms with E-state index in [1.165, 1.54) is 12.3 Å². The monoisotopic (exact) mass is 357 g/mol. The maximum absolute atomic E-state index is 11.8. The smallest absolute Gasteiger partial charge is 0.434 e. The Labute approximate surface area is 144 Å². The van der Waals surface area contributed by atoms with Crippen LogP contribution in [-0.4, -0.2) is 57.4 Å². The Bertz CT molecular complexity index is 670. The summed E-state index contributed by atoms with van der Waals surface area (Å²) in [6.45, 7) is 5.50. The van der Waals surface area contributed by atoms with Gasteiger partial charge >= 0.3 is 11.8 Å². The van der Waals surface area contributed by atoms with Gasteiger partial charge in [0, 0.05) is 6.20 Å². The number of aliphatic hydroxyl groups excluding tert-OH is 2. The van der Waals surface area contributed by atoms with Crippen molar-refractivity contribution in [2.45, 2.75) is 45.3 Å². The van der Waals surface area contributed by atoms with Crippen LogP contribution < -0.4 is 11.4 Å². The lowest BCUT2D eigenvalue weighted by Crippen LogP contribution is -2.36. The van der Waals surface area contributed by atoms with Gasteiger partial charge in [-0.25, -0.2) is 9.59 Å². The summed E-state index contributed by atoms with van der Waals surface area (Å²) in [4.78, 5) is 26.9. The van der Waals surface area contributed by atoms with Gasteiger partial charge in [-0.2, -0.15) is 4.98 Å². The Hall–Kier alpha value is -2.17. The average molecular weight is 357 g/mol. The van der Waals surface area contributed by atoms with Crippen molar-refractivity contribution in [2.24, 2.45) is 5.41 Å². The van der Waals surface area contributed by atoms with Crippen LogP contribution in [0.2, 0.25) is 0 Å². The molecule has 2 rings (SSSR count). The maximum atomic E-state index is 11.8. The summed E-state index contributed by atoms with van der Waals surface area (Å²) in [5, 5.41) is 20.1. The van der Waals surface area contributed by atoms with Gasteiger partial charge in [-0.15, -0.1) is 0 Å². The van der Waals surface area contributed by atoms with Gasteiger partial charge in [-0.3, -0.25) is 4.57 Å². The standard InChI is InChI=1S/C15H23N3O7/c1-15(2,3)7-24-14(22)23-6-8-10(19)11(20)12(25-8)18-5-4-9(16)17-13(18)21/h4-5,8,10-12,19-20H,6-7H2,1-3H3,(H2,16,17,21)/t8-,10-,11-,12-/m1/s1. The zero-order chi connectivity index (χ0) is 18.8. The van der Waals surface area contributed by atoms with E-state index in [1.807, 2.05) is 20.8 Å². The molecule has 4 N–H and O–H groups in total. The molecule has 0 amide bonds. The molecule has 0 radical (unpaired) electrons. The van der Waals surface area contributed by atoms with Gasteiger partial charge in [0.1, 0.15) is 30.7 Å². The van der Waals surface area contributed by atoms with Gasteiger partial charge in [0.15, 0.2) is 6.23 Å². The van der Waals surface area contributed by atoms with Crippen LogP contribution in [0.5, 0.6) is 0 Å². The first-order chi connectivity index (χ1) is 11.6. The van der Waals surface area contributed by atoms with E-state index in [-0.39, 0.29) is 24.4 Å². The average Bonchev–Trinajstić information content (AvgIpc) is 2.78. The number of nitrogen functional groups attached to an aromatic ring is 1. The molecule has 0 unspecified atom stereocenters.